The molecular formula is C13H16BrF2N. The van der Waals surface area contributed by atoms with Crippen molar-refractivity contribution in [1.82, 2.24) is 0 Å². The average molecular weight is 304 g/mol. The molecule has 4 heteroatoms. The van der Waals surface area contributed by atoms with Gasteiger partial charge in [0.1, 0.15) is 11.6 Å². The maximum atomic E-state index is 13.7. The molecule has 1 nitrogen and oxygen atoms in total. The summed E-state index contributed by atoms with van der Waals surface area (Å²) in [7, 11) is 0. The third-order valence-electron chi connectivity index (χ3n) is 3.48. The van der Waals surface area contributed by atoms with Gasteiger partial charge >= 0.3 is 0 Å². The molecule has 0 heterocycles. The molecule has 0 radical (unpaired) electrons. The SMILES string of the molecule is NC(CC1CCCC1)c1c(F)cc(Br)cc1F. The average Bonchev–Trinajstić information content (AvgIpc) is 2.68. The standard InChI is InChI=1S/C13H16BrF2N/c14-9-6-10(15)13(11(16)7-9)12(17)5-8-3-1-2-4-8/h6-8,12H,1-5,17H2. The molecule has 0 aliphatic heterocycles. The lowest BCUT2D eigenvalue weighted by Gasteiger charge is -2.18. The van der Waals surface area contributed by atoms with E-state index in [9.17, 15) is 8.78 Å². The molecule has 0 aromatic heterocycles. The molecule has 2 N–H and O–H groups in total. The second kappa shape index (κ2) is 5.44. The number of rotatable bonds is 3. The summed E-state index contributed by atoms with van der Waals surface area (Å²) < 4.78 is 27.8. The van der Waals surface area contributed by atoms with Gasteiger partial charge in [-0.25, -0.2) is 8.78 Å². The molecule has 17 heavy (non-hydrogen) atoms. The molecule has 1 aromatic carbocycles. The monoisotopic (exact) mass is 303 g/mol. The van der Waals surface area contributed by atoms with Crippen LogP contribution in [0.4, 0.5) is 8.78 Å². The van der Waals surface area contributed by atoms with Crippen LogP contribution in [0.5, 0.6) is 0 Å². The summed E-state index contributed by atoms with van der Waals surface area (Å²) in [5, 5.41) is 0. The van der Waals surface area contributed by atoms with Crippen molar-refractivity contribution >= 4 is 15.9 Å². The van der Waals surface area contributed by atoms with E-state index >= 15 is 0 Å². The van der Waals surface area contributed by atoms with Crippen LogP contribution < -0.4 is 5.73 Å². The Morgan fingerprint density at radius 1 is 1.24 bits per heavy atom. The van der Waals surface area contributed by atoms with E-state index < -0.39 is 17.7 Å². The third kappa shape index (κ3) is 3.05. The van der Waals surface area contributed by atoms with Gasteiger partial charge in [-0.2, -0.15) is 0 Å². The minimum atomic E-state index is -0.553. The molecule has 1 saturated carbocycles. The fraction of sp³-hybridized carbons (Fsp3) is 0.538. The predicted octanol–water partition coefficient (Wildman–Crippen LogP) is 4.31. The molecule has 0 saturated heterocycles. The first kappa shape index (κ1) is 13.0. The van der Waals surface area contributed by atoms with Crippen LogP contribution in [-0.2, 0) is 0 Å². The van der Waals surface area contributed by atoms with Crippen molar-refractivity contribution in [2.75, 3.05) is 0 Å². The number of nitrogens with two attached hydrogens (primary N) is 1. The highest BCUT2D eigenvalue weighted by Gasteiger charge is 2.23. The van der Waals surface area contributed by atoms with Gasteiger partial charge in [-0.3, -0.25) is 0 Å². The van der Waals surface area contributed by atoms with Gasteiger partial charge in [0.15, 0.2) is 0 Å². The minimum absolute atomic E-state index is 0.0279. The summed E-state index contributed by atoms with van der Waals surface area (Å²) >= 11 is 3.06. The van der Waals surface area contributed by atoms with Crippen LogP contribution in [0.2, 0.25) is 0 Å². The fourth-order valence-electron chi connectivity index (χ4n) is 2.63. The molecule has 1 fully saturated rings. The van der Waals surface area contributed by atoms with Gasteiger partial charge in [0.25, 0.3) is 0 Å². The van der Waals surface area contributed by atoms with Crippen molar-refractivity contribution in [1.29, 1.82) is 0 Å². The van der Waals surface area contributed by atoms with E-state index in [4.69, 9.17) is 5.73 Å². The van der Waals surface area contributed by atoms with E-state index in [-0.39, 0.29) is 5.56 Å². The molecular weight excluding hydrogens is 288 g/mol. The number of benzene rings is 1. The lowest BCUT2D eigenvalue weighted by molar-refractivity contribution is 0.426. The number of hydrogen-bond acceptors (Lipinski definition) is 1. The topological polar surface area (TPSA) is 26.0 Å². The quantitative estimate of drug-likeness (QED) is 0.885. The normalized spacial score (nSPS) is 18.6. The predicted molar refractivity (Wildman–Crippen MR) is 67.6 cm³/mol. The highest BCUT2D eigenvalue weighted by Crippen LogP contribution is 2.34. The summed E-state index contributed by atoms with van der Waals surface area (Å²) in [5.74, 6) is -0.586. The van der Waals surface area contributed by atoms with Crippen LogP contribution in [0.25, 0.3) is 0 Å². The molecule has 94 valence electrons. The van der Waals surface area contributed by atoms with E-state index in [0.717, 1.165) is 12.8 Å². The van der Waals surface area contributed by atoms with Crippen molar-refractivity contribution in [3.05, 3.63) is 33.8 Å². The highest BCUT2D eigenvalue weighted by molar-refractivity contribution is 9.10. The van der Waals surface area contributed by atoms with Crippen molar-refractivity contribution in [2.24, 2.45) is 11.7 Å². The zero-order chi connectivity index (χ0) is 12.4. The molecule has 0 amide bonds. The maximum Gasteiger partial charge on any atom is 0.132 e. The van der Waals surface area contributed by atoms with Gasteiger partial charge in [0.2, 0.25) is 0 Å². The van der Waals surface area contributed by atoms with Crippen molar-refractivity contribution in [3.63, 3.8) is 0 Å². The van der Waals surface area contributed by atoms with Gasteiger partial charge in [0.05, 0.1) is 0 Å². The highest BCUT2D eigenvalue weighted by atomic mass is 79.9. The van der Waals surface area contributed by atoms with Gasteiger partial charge in [-0.1, -0.05) is 41.6 Å². The first-order valence-electron chi connectivity index (χ1n) is 5.98. The molecule has 1 aliphatic rings. The second-order valence-electron chi connectivity index (χ2n) is 4.78. The van der Waals surface area contributed by atoms with Crippen molar-refractivity contribution in [2.45, 2.75) is 38.1 Å². The zero-order valence-corrected chi connectivity index (χ0v) is 11.1. The minimum Gasteiger partial charge on any atom is -0.324 e. The van der Waals surface area contributed by atoms with E-state index in [1.165, 1.54) is 25.0 Å². The van der Waals surface area contributed by atoms with Crippen LogP contribution in [0.15, 0.2) is 16.6 Å². The van der Waals surface area contributed by atoms with Crippen LogP contribution in [0.3, 0.4) is 0 Å². The summed E-state index contributed by atoms with van der Waals surface area (Å²) in [6.07, 6.45) is 5.36. The molecule has 1 atom stereocenters. The fourth-order valence-corrected chi connectivity index (χ4v) is 3.03. The van der Waals surface area contributed by atoms with E-state index in [1.54, 1.807) is 0 Å². The van der Waals surface area contributed by atoms with Crippen LogP contribution >= 0.6 is 15.9 Å². The Kier molecular flexibility index (Phi) is 4.15. The van der Waals surface area contributed by atoms with Crippen LogP contribution in [-0.4, -0.2) is 0 Å². The number of hydrogen-bond donors (Lipinski definition) is 1. The Labute approximate surface area is 109 Å². The summed E-state index contributed by atoms with van der Waals surface area (Å²) in [5.41, 5.74) is 5.96. The van der Waals surface area contributed by atoms with E-state index in [1.807, 2.05) is 0 Å². The van der Waals surface area contributed by atoms with Gasteiger partial charge in [-0.05, 0) is 24.5 Å². The second-order valence-corrected chi connectivity index (χ2v) is 5.69. The molecule has 1 aromatic rings. The summed E-state index contributed by atoms with van der Waals surface area (Å²) in [4.78, 5) is 0. The molecule has 1 unspecified atom stereocenters. The third-order valence-corrected chi connectivity index (χ3v) is 3.93. The van der Waals surface area contributed by atoms with Crippen molar-refractivity contribution < 1.29 is 8.78 Å². The first-order chi connectivity index (χ1) is 8.08. The van der Waals surface area contributed by atoms with E-state index in [2.05, 4.69) is 15.9 Å². The Balaban J connectivity index is 2.15. The molecule has 0 bridgehead atoms. The molecule has 1 aliphatic carbocycles. The van der Waals surface area contributed by atoms with E-state index in [0.29, 0.717) is 16.8 Å². The molecule has 2 rings (SSSR count). The smallest absolute Gasteiger partial charge is 0.132 e. The van der Waals surface area contributed by atoms with Gasteiger partial charge in [0, 0.05) is 16.1 Å². The number of halogens is 3. The van der Waals surface area contributed by atoms with Crippen LogP contribution in [0, 0.1) is 17.6 Å². The Bertz CT molecular complexity index is 379. The lowest BCUT2D eigenvalue weighted by Crippen LogP contribution is -2.17. The van der Waals surface area contributed by atoms with Crippen LogP contribution in [0.1, 0.15) is 43.7 Å². The van der Waals surface area contributed by atoms with Gasteiger partial charge in [-0.15, -0.1) is 0 Å². The Morgan fingerprint density at radius 3 is 2.29 bits per heavy atom. The Hall–Kier alpha value is -0.480. The summed E-state index contributed by atoms with van der Waals surface area (Å²) in [6.45, 7) is 0. The summed E-state index contributed by atoms with van der Waals surface area (Å²) in [6, 6.07) is 2.01. The Morgan fingerprint density at radius 2 is 1.76 bits per heavy atom. The lowest BCUT2D eigenvalue weighted by atomic mass is 9.93. The zero-order valence-electron chi connectivity index (χ0n) is 9.56. The maximum absolute atomic E-state index is 13.7. The van der Waals surface area contributed by atoms with Crippen molar-refractivity contribution in [3.8, 4) is 0 Å². The first-order valence-corrected chi connectivity index (χ1v) is 6.77. The van der Waals surface area contributed by atoms with Gasteiger partial charge < -0.3 is 5.73 Å². The largest absolute Gasteiger partial charge is 0.324 e. The molecule has 0 spiro atoms.